The number of ether oxygens (including phenoxy) is 1. The van der Waals surface area contributed by atoms with Crippen molar-refractivity contribution < 1.29 is 4.74 Å². The van der Waals surface area contributed by atoms with Gasteiger partial charge in [0.15, 0.2) is 0 Å². The van der Waals surface area contributed by atoms with Gasteiger partial charge in [0.1, 0.15) is 17.7 Å². The number of benzene rings is 6. The largest absolute Gasteiger partial charge is 0.485 e. The van der Waals surface area contributed by atoms with E-state index in [2.05, 4.69) is 157 Å². The Morgan fingerprint density at radius 2 is 1.48 bits per heavy atom. The summed E-state index contributed by atoms with van der Waals surface area (Å²) < 4.78 is 7.30. The van der Waals surface area contributed by atoms with Crippen LogP contribution in [0.5, 0.6) is 5.75 Å². The Morgan fingerprint density at radius 3 is 2.27 bits per heavy atom. The Balaban J connectivity index is 1.13. The topological polar surface area (TPSA) is 57.5 Å². The van der Waals surface area contributed by atoms with Gasteiger partial charge in [-0.1, -0.05) is 170 Å². The van der Waals surface area contributed by atoms with Crippen LogP contribution < -0.4 is 10.1 Å². The van der Waals surface area contributed by atoms with Gasteiger partial charge in [0.2, 0.25) is 0 Å². The normalized spacial score (nSPS) is 18.3. The maximum Gasteiger partial charge on any atom is 0.148 e. The first-order valence-electron chi connectivity index (χ1n) is 20.8. The quantitative estimate of drug-likeness (QED) is 0.0964. The average Bonchev–Trinajstić information content (AvgIpc) is 3.59. The van der Waals surface area contributed by atoms with E-state index in [1.54, 1.807) is 0 Å². The Kier molecular flexibility index (Phi) is 9.54. The summed E-state index contributed by atoms with van der Waals surface area (Å²) >= 11 is 0. The number of amidine groups is 1. The predicted molar refractivity (Wildman–Crippen MR) is 249 cm³/mol. The predicted octanol–water partition coefficient (Wildman–Crippen LogP) is 12.8. The number of aliphatic imine (C=N–C) groups is 1. The molecule has 4 aliphatic rings. The Bertz CT molecular complexity index is 2860. The molecule has 6 aromatic rings. The van der Waals surface area contributed by atoms with Crippen molar-refractivity contribution in [2.45, 2.75) is 31.9 Å². The van der Waals surface area contributed by atoms with Crippen LogP contribution in [0.25, 0.3) is 40.0 Å². The molecular weight excluding hydrogens is 731 g/mol. The smallest absolute Gasteiger partial charge is 0.148 e. The van der Waals surface area contributed by atoms with E-state index in [9.17, 15) is 0 Å². The number of allylic oxidation sites excluding steroid dienone is 6. The van der Waals surface area contributed by atoms with Crippen LogP contribution in [0.1, 0.15) is 58.4 Å². The maximum absolute atomic E-state index is 9.00. The highest BCUT2D eigenvalue weighted by atomic mass is 16.5. The van der Waals surface area contributed by atoms with Crippen LogP contribution in [-0.2, 0) is 12.0 Å². The van der Waals surface area contributed by atoms with Crippen molar-refractivity contribution in [1.29, 1.82) is 5.41 Å². The van der Waals surface area contributed by atoms with Gasteiger partial charge in [0.25, 0.3) is 0 Å². The van der Waals surface area contributed by atoms with E-state index in [0.717, 1.165) is 45.7 Å². The molecule has 290 valence electrons. The van der Waals surface area contributed by atoms with Gasteiger partial charge in [0, 0.05) is 23.6 Å². The fourth-order valence-electron chi connectivity index (χ4n) is 9.64. The van der Waals surface area contributed by atoms with Gasteiger partial charge in [-0.2, -0.15) is 0 Å². The maximum atomic E-state index is 9.00. The Hall–Kier alpha value is -7.30. The lowest BCUT2D eigenvalue weighted by molar-refractivity contribution is 0.142. The molecule has 4 nitrogen and oxygen atoms in total. The average molecular weight is 776 g/mol. The minimum absolute atomic E-state index is 0.0194. The van der Waals surface area contributed by atoms with E-state index in [4.69, 9.17) is 15.1 Å². The number of nitrogens with one attached hydrogen (secondary N) is 2. The highest BCUT2D eigenvalue weighted by molar-refractivity contribution is 6.19. The zero-order valence-electron chi connectivity index (χ0n) is 33.8. The summed E-state index contributed by atoms with van der Waals surface area (Å²) in [4.78, 5) is 4.98. The molecule has 2 unspecified atom stereocenters. The second-order valence-electron chi connectivity index (χ2n) is 15.8. The third-order valence-electron chi connectivity index (χ3n) is 12.4. The van der Waals surface area contributed by atoms with Gasteiger partial charge in [-0.05, 0) is 111 Å². The third-order valence-corrected chi connectivity index (χ3v) is 12.4. The SMILES string of the molecule is C/C=C\C=C(/C)C(=N)/N=C(\C=C\c1ccccc1)c1ccccc1C1=CC2Oc3cc(-c4cccc5c4CNC=C5)ccc3C3(c4ccccc4-c4ccccc43)C2C=C1. The molecule has 2 aliphatic carbocycles. The minimum Gasteiger partial charge on any atom is -0.485 e. The lowest BCUT2D eigenvalue weighted by Crippen LogP contribution is -2.48. The van der Waals surface area contributed by atoms with E-state index < -0.39 is 5.41 Å². The van der Waals surface area contributed by atoms with Crippen LogP contribution in [0.3, 0.4) is 0 Å². The second kappa shape index (κ2) is 15.5. The van der Waals surface area contributed by atoms with Crippen LogP contribution >= 0.6 is 0 Å². The first-order valence-corrected chi connectivity index (χ1v) is 20.8. The zero-order chi connectivity index (χ0) is 40.6. The van der Waals surface area contributed by atoms with Crippen molar-refractivity contribution in [2.24, 2.45) is 10.9 Å². The zero-order valence-corrected chi connectivity index (χ0v) is 33.8. The van der Waals surface area contributed by atoms with Crippen molar-refractivity contribution >= 4 is 29.3 Å². The number of hydrogen-bond acceptors (Lipinski definition) is 3. The van der Waals surface area contributed by atoms with Crippen LogP contribution in [0, 0.1) is 11.3 Å². The summed E-state index contributed by atoms with van der Waals surface area (Å²) in [6, 6.07) is 50.0. The second-order valence-corrected chi connectivity index (χ2v) is 15.8. The molecule has 0 saturated carbocycles. The molecule has 0 amide bonds. The van der Waals surface area contributed by atoms with Gasteiger partial charge in [-0.25, -0.2) is 4.99 Å². The third kappa shape index (κ3) is 6.24. The molecular formula is C56H45N3O. The fraction of sp³-hybridized carbons (Fsp3) is 0.107. The van der Waals surface area contributed by atoms with E-state index in [0.29, 0.717) is 5.71 Å². The Labute approximate surface area is 352 Å². The summed E-state index contributed by atoms with van der Waals surface area (Å²) in [6.45, 7) is 4.69. The first kappa shape index (κ1) is 37.0. The van der Waals surface area contributed by atoms with Gasteiger partial charge in [-0.3, -0.25) is 5.41 Å². The molecule has 2 atom stereocenters. The first-order chi connectivity index (χ1) is 29.5. The van der Waals surface area contributed by atoms with Crippen molar-refractivity contribution in [1.82, 2.24) is 5.32 Å². The van der Waals surface area contributed by atoms with Crippen LogP contribution in [0.4, 0.5) is 0 Å². The number of nitrogens with zero attached hydrogens (tertiary/aromatic N) is 1. The highest BCUT2D eigenvalue weighted by Crippen LogP contribution is 2.62. The molecule has 1 spiro atoms. The molecule has 4 heteroatoms. The lowest BCUT2D eigenvalue weighted by Gasteiger charge is -2.48. The van der Waals surface area contributed by atoms with Gasteiger partial charge in [0.05, 0.1) is 11.1 Å². The van der Waals surface area contributed by atoms with Gasteiger partial charge >= 0.3 is 0 Å². The molecule has 2 heterocycles. The van der Waals surface area contributed by atoms with E-state index in [1.165, 1.54) is 44.5 Å². The van der Waals surface area contributed by atoms with Crippen LogP contribution in [0.15, 0.2) is 199 Å². The number of hydrogen-bond donors (Lipinski definition) is 2. The van der Waals surface area contributed by atoms with Gasteiger partial charge in [-0.15, -0.1) is 0 Å². The van der Waals surface area contributed by atoms with E-state index in [1.807, 2.05) is 62.6 Å². The molecule has 10 rings (SSSR count). The van der Waals surface area contributed by atoms with Crippen molar-refractivity contribution in [3.63, 3.8) is 0 Å². The summed E-state index contributed by atoms with van der Waals surface area (Å²) in [5, 5.41) is 12.4. The standard InChI is InChI=1S/C56H45N3O/c1-3-4-15-37(2)55(57)59-52(31-26-38-16-6-5-7-17-38)46-22-9-8-19-42(46)40-27-29-50-53(34-40)60-54-35-41(43-23-14-18-39-32-33-58-36-47(39)43)28-30-51(54)56(50)48-24-12-10-20-44(48)45-21-11-13-25-49(45)56/h3-35,50,53,57-58H,36H2,1-2H3/b4-3-,31-26+,37-15+,57-55?,59-52+. The molecule has 0 fully saturated rings. The summed E-state index contributed by atoms with van der Waals surface area (Å²) in [7, 11) is 0. The van der Waals surface area contributed by atoms with E-state index in [-0.39, 0.29) is 17.9 Å². The van der Waals surface area contributed by atoms with E-state index >= 15 is 0 Å². The van der Waals surface area contributed by atoms with Crippen LogP contribution in [-0.4, -0.2) is 17.7 Å². The van der Waals surface area contributed by atoms with Gasteiger partial charge < -0.3 is 10.1 Å². The monoisotopic (exact) mass is 775 g/mol. The van der Waals surface area contributed by atoms with Crippen molar-refractivity contribution in [2.75, 3.05) is 0 Å². The highest BCUT2D eigenvalue weighted by Gasteiger charge is 2.56. The molecule has 2 N–H and O–H groups in total. The molecule has 0 bridgehead atoms. The molecule has 6 aromatic carbocycles. The van der Waals surface area contributed by atoms with Crippen LogP contribution in [0.2, 0.25) is 0 Å². The fourth-order valence-corrected chi connectivity index (χ4v) is 9.64. The lowest BCUT2D eigenvalue weighted by atomic mass is 9.59. The summed E-state index contributed by atoms with van der Waals surface area (Å²) in [5.74, 6) is 1.11. The molecule has 0 saturated heterocycles. The molecule has 60 heavy (non-hydrogen) atoms. The molecule has 0 radical (unpaired) electrons. The summed E-state index contributed by atoms with van der Waals surface area (Å²) in [5.41, 5.74) is 16.4. The minimum atomic E-state index is -0.473. The summed E-state index contributed by atoms with van der Waals surface area (Å²) in [6.07, 6.45) is 20.8. The Morgan fingerprint density at radius 1 is 0.767 bits per heavy atom. The van der Waals surface area contributed by atoms with Crippen molar-refractivity contribution in [3.8, 4) is 28.0 Å². The molecule has 0 aromatic heterocycles. The number of fused-ring (bicyclic) bond motifs is 10. The molecule has 2 aliphatic heterocycles. The number of rotatable bonds is 7. The van der Waals surface area contributed by atoms with Crippen molar-refractivity contribution in [3.05, 3.63) is 238 Å².